The van der Waals surface area contributed by atoms with E-state index in [0.29, 0.717) is 6.54 Å². The van der Waals surface area contributed by atoms with Gasteiger partial charge in [-0.15, -0.1) is 0 Å². The van der Waals surface area contributed by atoms with Crippen molar-refractivity contribution in [2.45, 2.75) is 45.8 Å². The summed E-state index contributed by atoms with van der Waals surface area (Å²) in [4.78, 5) is 11.2. The Balaban J connectivity index is 3.86. The van der Waals surface area contributed by atoms with Crippen molar-refractivity contribution in [3.05, 3.63) is 0 Å². The van der Waals surface area contributed by atoms with Gasteiger partial charge in [0.2, 0.25) is 0 Å². The molecule has 0 unspecified atom stereocenters. The van der Waals surface area contributed by atoms with Gasteiger partial charge >= 0.3 is 6.09 Å². The van der Waals surface area contributed by atoms with E-state index in [1.54, 1.807) is 0 Å². The van der Waals surface area contributed by atoms with Crippen molar-refractivity contribution in [1.29, 1.82) is 0 Å². The van der Waals surface area contributed by atoms with Crippen LogP contribution in [-0.2, 0) is 4.74 Å². The fourth-order valence-electron chi connectivity index (χ4n) is 0.802. The minimum atomic E-state index is -0.447. The number of nitrogens with two attached hydrogens (primary N) is 1. The van der Waals surface area contributed by atoms with Gasteiger partial charge in [0, 0.05) is 12.6 Å². The molecular formula is C9H20N2O2. The van der Waals surface area contributed by atoms with Gasteiger partial charge in [-0.1, -0.05) is 6.92 Å². The highest BCUT2D eigenvalue weighted by molar-refractivity contribution is 5.68. The predicted octanol–water partition coefficient (Wildman–Crippen LogP) is 1.25. The minimum absolute atomic E-state index is 0.00912. The molecule has 3 N–H and O–H groups in total. The molecule has 78 valence electrons. The molecule has 0 spiro atoms. The predicted molar refractivity (Wildman–Crippen MR) is 52.5 cm³/mol. The van der Waals surface area contributed by atoms with Crippen LogP contribution in [0.1, 0.15) is 34.1 Å². The van der Waals surface area contributed by atoms with Crippen LogP contribution >= 0.6 is 0 Å². The first-order valence-electron chi connectivity index (χ1n) is 4.58. The lowest BCUT2D eigenvalue weighted by molar-refractivity contribution is 0.0505. The van der Waals surface area contributed by atoms with Gasteiger partial charge in [0.05, 0.1) is 0 Å². The van der Waals surface area contributed by atoms with Crippen LogP contribution in [0.15, 0.2) is 0 Å². The molecule has 0 aromatic heterocycles. The van der Waals surface area contributed by atoms with E-state index in [4.69, 9.17) is 10.5 Å². The van der Waals surface area contributed by atoms with Crippen molar-refractivity contribution in [3.8, 4) is 0 Å². The standard InChI is InChI=1S/C9H20N2O2/c1-5-7(6-10)11-8(12)13-9(2,3)4/h7H,5-6,10H2,1-4H3,(H,11,12)/t7-/m0/s1. The normalized spacial score (nSPS) is 13.6. The van der Waals surface area contributed by atoms with E-state index in [0.717, 1.165) is 6.42 Å². The Hall–Kier alpha value is -0.770. The summed E-state index contributed by atoms with van der Waals surface area (Å²) >= 11 is 0. The second-order valence-electron chi connectivity index (χ2n) is 3.99. The first-order chi connectivity index (χ1) is 5.89. The number of ether oxygens (including phenoxy) is 1. The van der Waals surface area contributed by atoms with Gasteiger partial charge in [0.1, 0.15) is 5.60 Å². The van der Waals surface area contributed by atoms with Crippen molar-refractivity contribution >= 4 is 6.09 Å². The highest BCUT2D eigenvalue weighted by atomic mass is 16.6. The first-order valence-corrected chi connectivity index (χ1v) is 4.58. The summed E-state index contributed by atoms with van der Waals surface area (Å²) in [5, 5.41) is 2.69. The average Bonchev–Trinajstić information content (AvgIpc) is 1.96. The Morgan fingerprint density at radius 2 is 2.08 bits per heavy atom. The first kappa shape index (κ1) is 12.2. The molecule has 4 heteroatoms. The number of amides is 1. The lowest BCUT2D eigenvalue weighted by Crippen LogP contribution is -2.42. The van der Waals surface area contributed by atoms with Crippen molar-refractivity contribution in [1.82, 2.24) is 5.32 Å². The summed E-state index contributed by atoms with van der Waals surface area (Å²) in [6.45, 7) is 7.90. The second-order valence-corrected chi connectivity index (χ2v) is 3.99. The van der Waals surface area contributed by atoms with Crippen molar-refractivity contribution in [2.75, 3.05) is 6.54 Å². The molecule has 4 nitrogen and oxygen atoms in total. The molecule has 0 aliphatic heterocycles. The molecule has 13 heavy (non-hydrogen) atoms. The zero-order valence-corrected chi connectivity index (χ0v) is 8.89. The van der Waals surface area contributed by atoms with E-state index in [1.165, 1.54) is 0 Å². The van der Waals surface area contributed by atoms with Crippen LogP contribution in [0.5, 0.6) is 0 Å². The molecule has 0 fully saturated rings. The van der Waals surface area contributed by atoms with E-state index in [1.807, 2.05) is 27.7 Å². The van der Waals surface area contributed by atoms with Crippen molar-refractivity contribution < 1.29 is 9.53 Å². The van der Waals surface area contributed by atoms with Crippen LogP contribution in [0.4, 0.5) is 4.79 Å². The Morgan fingerprint density at radius 3 is 2.38 bits per heavy atom. The number of carbonyl (C=O) groups is 1. The maximum atomic E-state index is 11.2. The van der Waals surface area contributed by atoms with Crippen molar-refractivity contribution in [2.24, 2.45) is 5.73 Å². The third-order valence-corrected chi connectivity index (χ3v) is 1.50. The molecule has 0 heterocycles. The monoisotopic (exact) mass is 188 g/mol. The number of alkyl carbamates (subject to hydrolysis) is 1. The minimum Gasteiger partial charge on any atom is -0.444 e. The Kier molecular flexibility index (Phi) is 4.77. The molecule has 1 atom stereocenters. The van der Waals surface area contributed by atoms with E-state index in [2.05, 4.69) is 5.32 Å². The molecule has 0 bridgehead atoms. The fraction of sp³-hybridized carbons (Fsp3) is 0.889. The number of carbonyl (C=O) groups excluding carboxylic acids is 1. The van der Waals surface area contributed by atoms with Crippen LogP contribution < -0.4 is 11.1 Å². The van der Waals surface area contributed by atoms with Crippen LogP contribution in [-0.4, -0.2) is 24.3 Å². The third-order valence-electron chi connectivity index (χ3n) is 1.50. The van der Waals surface area contributed by atoms with Gasteiger partial charge < -0.3 is 15.8 Å². The summed E-state index contributed by atoms with van der Waals surface area (Å²) in [6, 6.07) is 0.00912. The largest absolute Gasteiger partial charge is 0.444 e. The average molecular weight is 188 g/mol. The van der Waals surface area contributed by atoms with Crippen LogP contribution in [0.2, 0.25) is 0 Å². The summed E-state index contributed by atoms with van der Waals surface area (Å²) in [6.07, 6.45) is 0.417. The number of hydrogen-bond acceptors (Lipinski definition) is 3. The Labute approximate surface area is 79.8 Å². The molecule has 0 saturated heterocycles. The van der Waals surface area contributed by atoms with Gasteiger partial charge in [0.25, 0.3) is 0 Å². The molecule has 1 amide bonds. The summed E-state index contributed by atoms with van der Waals surface area (Å²) < 4.78 is 5.07. The molecule has 0 rings (SSSR count). The van der Waals surface area contributed by atoms with Crippen LogP contribution in [0.3, 0.4) is 0 Å². The molecule has 0 aliphatic rings. The zero-order valence-electron chi connectivity index (χ0n) is 8.89. The highest BCUT2D eigenvalue weighted by Crippen LogP contribution is 2.06. The number of rotatable bonds is 3. The molecular weight excluding hydrogens is 168 g/mol. The summed E-state index contributed by atoms with van der Waals surface area (Å²) in [5.41, 5.74) is 4.98. The van der Waals surface area contributed by atoms with E-state index in [-0.39, 0.29) is 6.04 Å². The summed E-state index contributed by atoms with van der Waals surface area (Å²) in [7, 11) is 0. The van der Waals surface area contributed by atoms with E-state index >= 15 is 0 Å². The molecule has 0 aliphatic carbocycles. The van der Waals surface area contributed by atoms with E-state index in [9.17, 15) is 4.79 Å². The molecule has 0 radical (unpaired) electrons. The lowest BCUT2D eigenvalue weighted by atomic mass is 10.2. The van der Waals surface area contributed by atoms with Crippen LogP contribution in [0, 0.1) is 0 Å². The maximum Gasteiger partial charge on any atom is 0.407 e. The second kappa shape index (κ2) is 5.07. The van der Waals surface area contributed by atoms with Gasteiger partial charge in [0.15, 0.2) is 0 Å². The number of nitrogens with one attached hydrogen (secondary N) is 1. The molecule has 0 saturated carbocycles. The number of hydrogen-bond donors (Lipinski definition) is 2. The zero-order chi connectivity index (χ0) is 10.5. The van der Waals surface area contributed by atoms with Gasteiger partial charge in [-0.2, -0.15) is 0 Å². The molecule has 0 aromatic carbocycles. The van der Waals surface area contributed by atoms with Gasteiger partial charge in [-0.25, -0.2) is 4.79 Å². The van der Waals surface area contributed by atoms with E-state index < -0.39 is 11.7 Å². The Bertz CT molecular complexity index is 159. The smallest absolute Gasteiger partial charge is 0.407 e. The quantitative estimate of drug-likeness (QED) is 0.700. The van der Waals surface area contributed by atoms with Gasteiger partial charge in [-0.3, -0.25) is 0 Å². The SMILES string of the molecule is CC[C@@H](CN)NC(=O)OC(C)(C)C. The maximum absolute atomic E-state index is 11.2. The highest BCUT2D eigenvalue weighted by Gasteiger charge is 2.17. The van der Waals surface area contributed by atoms with Gasteiger partial charge in [-0.05, 0) is 27.2 Å². The van der Waals surface area contributed by atoms with Crippen LogP contribution in [0.25, 0.3) is 0 Å². The molecule has 0 aromatic rings. The summed E-state index contributed by atoms with van der Waals surface area (Å²) in [5.74, 6) is 0. The van der Waals surface area contributed by atoms with Crippen molar-refractivity contribution in [3.63, 3.8) is 0 Å². The lowest BCUT2D eigenvalue weighted by Gasteiger charge is -2.22. The topological polar surface area (TPSA) is 64.3 Å². The third kappa shape index (κ3) is 6.40. The Morgan fingerprint density at radius 1 is 1.54 bits per heavy atom. The fourth-order valence-corrected chi connectivity index (χ4v) is 0.802.